The van der Waals surface area contributed by atoms with E-state index in [2.05, 4.69) is 22.9 Å². The van der Waals surface area contributed by atoms with Crippen molar-refractivity contribution in [1.29, 1.82) is 0 Å². The lowest BCUT2D eigenvalue weighted by Gasteiger charge is -2.37. The summed E-state index contributed by atoms with van der Waals surface area (Å²) >= 11 is 3.20. The average molecular weight is 301 g/mol. The molecule has 5 heteroatoms. The van der Waals surface area contributed by atoms with Crippen molar-refractivity contribution in [2.45, 2.75) is 25.8 Å². The van der Waals surface area contributed by atoms with E-state index in [1.54, 1.807) is 12.1 Å². The summed E-state index contributed by atoms with van der Waals surface area (Å²) in [4.78, 5) is 14.1. The van der Waals surface area contributed by atoms with E-state index in [0.29, 0.717) is 22.9 Å². The molecule has 2 heterocycles. The molecule has 0 aliphatic carbocycles. The van der Waals surface area contributed by atoms with Crippen molar-refractivity contribution >= 4 is 21.8 Å². The van der Waals surface area contributed by atoms with E-state index in [-0.39, 0.29) is 11.9 Å². The van der Waals surface area contributed by atoms with Crippen LogP contribution in [-0.4, -0.2) is 29.9 Å². The maximum absolute atomic E-state index is 12.2. The summed E-state index contributed by atoms with van der Waals surface area (Å²) in [7, 11) is 0. The summed E-state index contributed by atoms with van der Waals surface area (Å²) in [6, 6.07) is 3.56. The van der Waals surface area contributed by atoms with Crippen LogP contribution in [0.5, 0.6) is 0 Å². The minimum absolute atomic E-state index is 0.0574. The monoisotopic (exact) mass is 300 g/mol. The molecule has 1 aliphatic rings. The Balaban J connectivity index is 2.13. The summed E-state index contributed by atoms with van der Waals surface area (Å²) in [6.45, 7) is 3.48. The number of carbonyl (C=O) groups excluding carboxylic acids is 1. The fraction of sp³-hybridized carbons (Fsp3) is 0.583. The number of amides is 1. The zero-order chi connectivity index (χ0) is 12.4. The van der Waals surface area contributed by atoms with Crippen LogP contribution in [0.1, 0.15) is 30.3 Å². The molecule has 1 aromatic rings. The van der Waals surface area contributed by atoms with E-state index < -0.39 is 0 Å². The first kappa shape index (κ1) is 12.6. The first-order valence-electron chi connectivity index (χ1n) is 5.88. The molecule has 2 unspecified atom stereocenters. The molecule has 94 valence electrons. The molecule has 0 radical (unpaired) electrons. The van der Waals surface area contributed by atoms with E-state index in [4.69, 9.17) is 10.2 Å². The standard InChI is InChI=1S/C12H17BrN2O2/c1-8-4-5-15(9(6-8)7-14)12(16)10-2-3-11(13)17-10/h2-3,8-9H,4-7,14H2,1H3. The quantitative estimate of drug-likeness (QED) is 0.911. The molecule has 4 nitrogen and oxygen atoms in total. The molecular formula is C12H17BrN2O2. The number of nitrogens with zero attached hydrogens (tertiary/aromatic N) is 1. The lowest BCUT2D eigenvalue weighted by Crippen LogP contribution is -2.49. The molecule has 0 aromatic carbocycles. The van der Waals surface area contributed by atoms with Gasteiger partial charge in [-0.1, -0.05) is 6.92 Å². The van der Waals surface area contributed by atoms with Crippen molar-refractivity contribution in [3.05, 3.63) is 22.6 Å². The Morgan fingerprint density at radius 1 is 1.65 bits per heavy atom. The maximum Gasteiger partial charge on any atom is 0.289 e. The van der Waals surface area contributed by atoms with E-state index in [0.717, 1.165) is 19.4 Å². The van der Waals surface area contributed by atoms with Crippen LogP contribution >= 0.6 is 15.9 Å². The van der Waals surface area contributed by atoms with Crippen molar-refractivity contribution in [3.8, 4) is 0 Å². The number of halogens is 1. The molecule has 0 saturated carbocycles. The van der Waals surface area contributed by atoms with Gasteiger partial charge in [0.15, 0.2) is 10.4 Å². The first-order valence-corrected chi connectivity index (χ1v) is 6.67. The predicted molar refractivity (Wildman–Crippen MR) is 68.7 cm³/mol. The maximum atomic E-state index is 12.2. The van der Waals surface area contributed by atoms with Crippen LogP contribution < -0.4 is 5.73 Å². The Bertz CT molecular complexity index is 405. The van der Waals surface area contributed by atoms with Crippen molar-refractivity contribution in [1.82, 2.24) is 4.90 Å². The van der Waals surface area contributed by atoms with Crippen LogP contribution in [0.2, 0.25) is 0 Å². The van der Waals surface area contributed by atoms with Crippen molar-refractivity contribution in [3.63, 3.8) is 0 Å². The average Bonchev–Trinajstić information content (AvgIpc) is 2.75. The molecule has 2 atom stereocenters. The Morgan fingerprint density at radius 2 is 2.41 bits per heavy atom. The lowest BCUT2D eigenvalue weighted by atomic mass is 9.92. The molecule has 17 heavy (non-hydrogen) atoms. The second-order valence-electron chi connectivity index (χ2n) is 4.62. The van der Waals surface area contributed by atoms with E-state index >= 15 is 0 Å². The van der Waals surface area contributed by atoms with Gasteiger partial charge >= 0.3 is 0 Å². The van der Waals surface area contributed by atoms with Crippen LogP contribution in [0.4, 0.5) is 0 Å². The van der Waals surface area contributed by atoms with Gasteiger partial charge in [-0.25, -0.2) is 0 Å². The highest BCUT2D eigenvalue weighted by Gasteiger charge is 2.30. The number of rotatable bonds is 2. The molecule has 1 fully saturated rings. The van der Waals surface area contributed by atoms with Crippen molar-refractivity contribution < 1.29 is 9.21 Å². The minimum atomic E-state index is -0.0574. The van der Waals surface area contributed by atoms with Gasteiger partial charge in [-0.05, 0) is 46.8 Å². The van der Waals surface area contributed by atoms with Crippen LogP contribution in [0.15, 0.2) is 21.2 Å². The highest BCUT2D eigenvalue weighted by atomic mass is 79.9. The van der Waals surface area contributed by atoms with Gasteiger partial charge in [0, 0.05) is 19.1 Å². The fourth-order valence-electron chi connectivity index (χ4n) is 2.31. The minimum Gasteiger partial charge on any atom is -0.444 e. The predicted octanol–water partition coefficient (Wildman–Crippen LogP) is 2.24. The molecular weight excluding hydrogens is 284 g/mol. The van der Waals surface area contributed by atoms with Gasteiger partial charge in [0.05, 0.1) is 0 Å². The highest BCUT2D eigenvalue weighted by Crippen LogP contribution is 2.24. The molecule has 2 N–H and O–H groups in total. The first-order chi connectivity index (χ1) is 8.11. The van der Waals surface area contributed by atoms with E-state index in [1.807, 2.05) is 4.90 Å². The smallest absolute Gasteiger partial charge is 0.289 e. The molecule has 0 spiro atoms. The topological polar surface area (TPSA) is 59.5 Å². The number of piperidine rings is 1. The highest BCUT2D eigenvalue weighted by molar-refractivity contribution is 9.10. The Hall–Kier alpha value is -0.810. The number of hydrogen-bond donors (Lipinski definition) is 1. The molecule has 0 bridgehead atoms. The third-order valence-corrected chi connectivity index (χ3v) is 3.72. The lowest BCUT2D eigenvalue weighted by molar-refractivity contribution is 0.0540. The third-order valence-electron chi connectivity index (χ3n) is 3.29. The number of carbonyl (C=O) groups is 1. The normalized spacial score (nSPS) is 25.0. The van der Waals surface area contributed by atoms with Crippen LogP contribution in [-0.2, 0) is 0 Å². The zero-order valence-corrected chi connectivity index (χ0v) is 11.4. The number of likely N-dealkylation sites (tertiary alicyclic amines) is 1. The van der Waals surface area contributed by atoms with Gasteiger partial charge in [-0.15, -0.1) is 0 Å². The summed E-state index contributed by atoms with van der Waals surface area (Å²) in [5.74, 6) is 0.957. The zero-order valence-electron chi connectivity index (χ0n) is 9.86. The summed E-state index contributed by atoms with van der Waals surface area (Å²) < 4.78 is 5.88. The largest absolute Gasteiger partial charge is 0.444 e. The molecule has 1 aromatic heterocycles. The van der Waals surface area contributed by atoms with E-state index in [9.17, 15) is 4.79 Å². The SMILES string of the molecule is CC1CCN(C(=O)c2ccc(Br)o2)C(CN)C1. The van der Waals surface area contributed by atoms with Crippen molar-refractivity contribution in [2.24, 2.45) is 11.7 Å². The second kappa shape index (κ2) is 5.23. The molecule has 2 rings (SSSR count). The fourth-order valence-corrected chi connectivity index (χ4v) is 2.62. The summed E-state index contributed by atoms with van der Waals surface area (Å²) in [5.41, 5.74) is 5.74. The van der Waals surface area contributed by atoms with Gasteiger partial charge in [-0.2, -0.15) is 0 Å². The Labute approximate surface area is 109 Å². The van der Waals surface area contributed by atoms with Gasteiger partial charge in [0.2, 0.25) is 0 Å². The van der Waals surface area contributed by atoms with Gasteiger partial charge < -0.3 is 15.1 Å². The van der Waals surface area contributed by atoms with Crippen molar-refractivity contribution in [2.75, 3.05) is 13.1 Å². The second-order valence-corrected chi connectivity index (χ2v) is 5.40. The number of furan rings is 1. The third kappa shape index (κ3) is 2.72. The summed E-state index contributed by atoms with van der Waals surface area (Å²) in [6.07, 6.45) is 2.01. The molecule has 1 saturated heterocycles. The van der Waals surface area contributed by atoms with Gasteiger partial charge in [0.1, 0.15) is 0 Å². The Kier molecular flexibility index (Phi) is 3.89. The van der Waals surface area contributed by atoms with Crippen LogP contribution in [0.25, 0.3) is 0 Å². The van der Waals surface area contributed by atoms with E-state index in [1.165, 1.54) is 0 Å². The Morgan fingerprint density at radius 3 is 3.00 bits per heavy atom. The summed E-state index contributed by atoms with van der Waals surface area (Å²) in [5, 5.41) is 0. The molecule has 1 aliphatic heterocycles. The van der Waals surface area contributed by atoms with Crippen LogP contribution in [0.3, 0.4) is 0 Å². The number of nitrogens with two attached hydrogens (primary N) is 1. The van der Waals surface area contributed by atoms with Gasteiger partial charge in [-0.3, -0.25) is 4.79 Å². The molecule has 1 amide bonds. The van der Waals surface area contributed by atoms with Crippen LogP contribution in [0, 0.1) is 5.92 Å². The van der Waals surface area contributed by atoms with Gasteiger partial charge in [0.25, 0.3) is 5.91 Å². The number of hydrogen-bond acceptors (Lipinski definition) is 3.